The van der Waals surface area contributed by atoms with Crippen LogP contribution >= 0.6 is 0 Å². The zero-order chi connectivity index (χ0) is 11.2. The summed E-state index contributed by atoms with van der Waals surface area (Å²) in [5.74, 6) is 0.635. The fourth-order valence-electron chi connectivity index (χ4n) is 2.55. The van der Waals surface area contributed by atoms with Gasteiger partial charge in [-0.25, -0.2) is 4.68 Å². The van der Waals surface area contributed by atoms with Gasteiger partial charge >= 0.3 is 0 Å². The average Bonchev–Trinajstić information content (AvgIpc) is 2.60. The molecule has 1 N–H and O–H groups in total. The standard InChI is InChI=1S/C12H21N3O/c16-9-5-8-15-12(10-13-14-15)11-6-3-1-2-4-7-11/h10-11,16H,1-9H2. The van der Waals surface area contributed by atoms with Crippen LogP contribution in [0, 0.1) is 0 Å². The topological polar surface area (TPSA) is 50.9 Å². The van der Waals surface area contributed by atoms with Gasteiger partial charge in [0.05, 0.1) is 11.9 Å². The Morgan fingerprint density at radius 3 is 2.69 bits per heavy atom. The van der Waals surface area contributed by atoms with Crippen LogP contribution in [-0.2, 0) is 6.54 Å². The van der Waals surface area contributed by atoms with Crippen molar-refractivity contribution in [3.05, 3.63) is 11.9 Å². The van der Waals surface area contributed by atoms with E-state index in [2.05, 4.69) is 10.3 Å². The smallest absolute Gasteiger partial charge is 0.0728 e. The molecule has 1 aromatic heterocycles. The summed E-state index contributed by atoms with van der Waals surface area (Å²) < 4.78 is 1.98. The maximum Gasteiger partial charge on any atom is 0.0728 e. The summed E-state index contributed by atoms with van der Waals surface area (Å²) in [6.45, 7) is 1.02. The van der Waals surface area contributed by atoms with Gasteiger partial charge in [-0.3, -0.25) is 0 Å². The summed E-state index contributed by atoms with van der Waals surface area (Å²) >= 11 is 0. The van der Waals surface area contributed by atoms with Crippen molar-refractivity contribution in [1.29, 1.82) is 0 Å². The van der Waals surface area contributed by atoms with Crippen molar-refractivity contribution in [3.63, 3.8) is 0 Å². The van der Waals surface area contributed by atoms with Crippen molar-refractivity contribution < 1.29 is 5.11 Å². The molecule has 0 atom stereocenters. The van der Waals surface area contributed by atoms with Crippen LogP contribution in [0.2, 0.25) is 0 Å². The highest BCUT2D eigenvalue weighted by molar-refractivity contribution is 5.03. The van der Waals surface area contributed by atoms with Crippen molar-refractivity contribution in [1.82, 2.24) is 15.0 Å². The molecule has 2 rings (SSSR count). The fraction of sp³-hybridized carbons (Fsp3) is 0.833. The second-order valence-electron chi connectivity index (χ2n) is 4.65. The first-order chi connectivity index (χ1) is 7.92. The van der Waals surface area contributed by atoms with E-state index in [9.17, 15) is 0 Å². The molecule has 0 radical (unpaired) electrons. The van der Waals surface area contributed by atoms with Crippen LogP contribution < -0.4 is 0 Å². The van der Waals surface area contributed by atoms with Gasteiger partial charge in [0.1, 0.15) is 0 Å². The third-order valence-electron chi connectivity index (χ3n) is 3.45. The van der Waals surface area contributed by atoms with Gasteiger partial charge in [0.15, 0.2) is 0 Å². The number of rotatable bonds is 4. The zero-order valence-corrected chi connectivity index (χ0v) is 9.81. The third-order valence-corrected chi connectivity index (χ3v) is 3.45. The highest BCUT2D eigenvalue weighted by atomic mass is 16.3. The van der Waals surface area contributed by atoms with E-state index in [1.807, 2.05) is 10.9 Å². The minimum absolute atomic E-state index is 0.226. The predicted molar refractivity (Wildman–Crippen MR) is 62.2 cm³/mol. The number of hydrogen-bond donors (Lipinski definition) is 1. The van der Waals surface area contributed by atoms with E-state index in [0.29, 0.717) is 5.92 Å². The van der Waals surface area contributed by atoms with Crippen LogP contribution in [0.25, 0.3) is 0 Å². The fourth-order valence-corrected chi connectivity index (χ4v) is 2.55. The molecular weight excluding hydrogens is 202 g/mol. The Morgan fingerprint density at radius 1 is 1.25 bits per heavy atom. The summed E-state index contributed by atoms with van der Waals surface area (Å²) in [7, 11) is 0. The van der Waals surface area contributed by atoms with Gasteiger partial charge in [0.2, 0.25) is 0 Å². The molecule has 1 aromatic rings. The molecule has 16 heavy (non-hydrogen) atoms. The highest BCUT2D eigenvalue weighted by Gasteiger charge is 2.18. The minimum Gasteiger partial charge on any atom is -0.396 e. The molecule has 0 aromatic carbocycles. The Kier molecular flexibility index (Phi) is 4.34. The first kappa shape index (κ1) is 11.6. The van der Waals surface area contributed by atoms with Crippen molar-refractivity contribution in [2.24, 2.45) is 0 Å². The van der Waals surface area contributed by atoms with E-state index < -0.39 is 0 Å². The molecule has 4 heteroatoms. The molecule has 0 bridgehead atoms. The first-order valence-electron chi connectivity index (χ1n) is 6.41. The number of nitrogens with zero attached hydrogens (tertiary/aromatic N) is 3. The van der Waals surface area contributed by atoms with Gasteiger partial charge in [-0.15, -0.1) is 5.10 Å². The second-order valence-corrected chi connectivity index (χ2v) is 4.65. The molecule has 1 saturated carbocycles. The zero-order valence-electron chi connectivity index (χ0n) is 9.81. The number of aromatic nitrogens is 3. The molecule has 0 aliphatic heterocycles. The molecule has 0 unspecified atom stereocenters. The molecule has 0 spiro atoms. The van der Waals surface area contributed by atoms with Crippen molar-refractivity contribution >= 4 is 0 Å². The Balaban J connectivity index is 2.03. The Hall–Kier alpha value is -0.900. The van der Waals surface area contributed by atoms with Crippen molar-refractivity contribution in [3.8, 4) is 0 Å². The van der Waals surface area contributed by atoms with Gasteiger partial charge in [-0.05, 0) is 19.3 Å². The Bertz CT molecular complexity index is 303. The highest BCUT2D eigenvalue weighted by Crippen LogP contribution is 2.30. The van der Waals surface area contributed by atoms with Gasteiger partial charge < -0.3 is 5.11 Å². The van der Waals surface area contributed by atoms with Crippen LogP contribution in [0.4, 0.5) is 0 Å². The Labute approximate surface area is 96.7 Å². The number of aryl methyl sites for hydroxylation is 1. The SMILES string of the molecule is OCCCn1nncc1C1CCCCCC1. The van der Waals surface area contributed by atoms with Crippen LogP contribution in [0.3, 0.4) is 0 Å². The Morgan fingerprint density at radius 2 is 2.00 bits per heavy atom. The molecule has 90 valence electrons. The normalized spacial score (nSPS) is 18.6. The third kappa shape index (κ3) is 2.82. The van der Waals surface area contributed by atoms with Crippen molar-refractivity contribution in [2.75, 3.05) is 6.61 Å². The second kappa shape index (κ2) is 5.99. The minimum atomic E-state index is 0.226. The maximum atomic E-state index is 8.85. The maximum absolute atomic E-state index is 8.85. The molecule has 1 aliphatic rings. The average molecular weight is 223 g/mol. The predicted octanol–water partition coefficient (Wildman–Crippen LogP) is 2.10. The molecule has 1 heterocycles. The van der Waals surface area contributed by atoms with E-state index in [0.717, 1.165) is 13.0 Å². The van der Waals surface area contributed by atoms with Crippen LogP contribution in [0.5, 0.6) is 0 Å². The largest absolute Gasteiger partial charge is 0.396 e. The van der Waals surface area contributed by atoms with Crippen LogP contribution in [-0.4, -0.2) is 26.7 Å². The summed E-state index contributed by atoms with van der Waals surface area (Å²) in [5, 5.41) is 17.0. The van der Waals surface area contributed by atoms with Crippen LogP contribution in [0.15, 0.2) is 6.20 Å². The molecule has 1 aliphatic carbocycles. The first-order valence-corrected chi connectivity index (χ1v) is 6.41. The van der Waals surface area contributed by atoms with Gasteiger partial charge in [-0.2, -0.15) is 0 Å². The summed E-state index contributed by atoms with van der Waals surface area (Å²) in [6.07, 6.45) is 10.6. The van der Waals surface area contributed by atoms with Gasteiger partial charge in [0.25, 0.3) is 0 Å². The lowest BCUT2D eigenvalue weighted by Gasteiger charge is -2.14. The van der Waals surface area contributed by atoms with Crippen molar-refractivity contribution in [2.45, 2.75) is 57.4 Å². The van der Waals surface area contributed by atoms with E-state index in [-0.39, 0.29) is 6.61 Å². The van der Waals surface area contributed by atoms with E-state index in [4.69, 9.17) is 5.11 Å². The lowest BCUT2D eigenvalue weighted by atomic mass is 9.97. The summed E-state index contributed by atoms with van der Waals surface area (Å²) in [5.41, 5.74) is 1.27. The monoisotopic (exact) mass is 223 g/mol. The van der Waals surface area contributed by atoms with Gasteiger partial charge in [-0.1, -0.05) is 30.9 Å². The quantitative estimate of drug-likeness (QED) is 0.795. The number of hydrogen-bond acceptors (Lipinski definition) is 3. The molecule has 4 nitrogen and oxygen atoms in total. The van der Waals surface area contributed by atoms with E-state index >= 15 is 0 Å². The summed E-state index contributed by atoms with van der Waals surface area (Å²) in [6, 6.07) is 0. The molecule has 0 saturated heterocycles. The lowest BCUT2D eigenvalue weighted by molar-refractivity contribution is 0.274. The van der Waals surface area contributed by atoms with E-state index in [1.165, 1.54) is 44.2 Å². The van der Waals surface area contributed by atoms with Gasteiger partial charge in [0, 0.05) is 19.1 Å². The number of aliphatic hydroxyl groups excluding tert-OH is 1. The number of aliphatic hydroxyl groups is 1. The molecule has 1 fully saturated rings. The van der Waals surface area contributed by atoms with Crippen LogP contribution in [0.1, 0.15) is 56.6 Å². The van der Waals surface area contributed by atoms with E-state index in [1.54, 1.807) is 0 Å². The lowest BCUT2D eigenvalue weighted by Crippen LogP contribution is -2.10. The molecule has 0 amide bonds. The summed E-state index contributed by atoms with van der Waals surface area (Å²) in [4.78, 5) is 0. The molecular formula is C12H21N3O.